The van der Waals surface area contributed by atoms with Crippen molar-refractivity contribution in [2.24, 2.45) is 0 Å². The summed E-state index contributed by atoms with van der Waals surface area (Å²) in [4.78, 5) is 4.35. The summed E-state index contributed by atoms with van der Waals surface area (Å²) in [6.07, 6.45) is -0.819. The van der Waals surface area contributed by atoms with E-state index in [1.165, 1.54) is 0 Å². The first-order valence-corrected chi connectivity index (χ1v) is 8.15. The summed E-state index contributed by atoms with van der Waals surface area (Å²) in [6, 6.07) is 12.6. The first-order valence-electron chi connectivity index (χ1n) is 7.40. The second kappa shape index (κ2) is 7.40. The van der Waals surface area contributed by atoms with Gasteiger partial charge in [-0.2, -0.15) is 0 Å². The summed E-state index contributed by atoms with van der Waals surface area (Å²) in [5.74, 6) is 0.837. The largest absolute Gasteiger partial charge is 0.488 e. The summed E-state index contributed by atoms with van der Waals surface area (Å²) in [5.41, 5.74) is 1.61. The minimum absolute atomic E-state index is 0.0147. The van der Waals surface area contributed by atoms with Gasteiger partial charge < -0.3 is 19.5 Å². The van der Waals surface area contributed by atoms with E-state index in [1.807, 2.05) is 24.3 Å². The van der Waals surface area contributed by atoms with E-state index in [2.05, 4.69) is 4.98 Å². The zero-order valence-corrected chi connectivity index (χ0v) is 14.2. The number of aliphatic hydroxyl groups excluding tert-OH is 2. The summed E-state index contributed by atoms with van der Waals surface area (Å²) in [5, 5.41) is 20.6. The Kier molecular flexibility index (Phi) is 5.26. The molecule has 5 nitrogen and oxygen atoms in total. The molecule has 3 rings (SSSR count). The van der Waals surface area contributed by atoms with Gasteiger partial charge in [0.15, 0.2) is 5.75 Å². The van der Waals surface area contributed by atoms with E-state index in [9.17, 15) is 10.2 Å². The highest BCUT2D eigenvalue weighted by Gasteiger charge is 2.15. The van der Waals surface area contributed by atoms with Crippen LogP contribution in [0.1, 0.15) is 5.82 Å². The maximum atomic E-state index is 10.3. The van der Waals surface area contributed by atoms with E-state index in [0.717, 1.165) is 11.0 Å². The molecule has 0 fully saturated rings. The Morgan fingerprint density at radius 1 is 1.08 bits per heavy atom. The van der Waals surface area contributed by atoms with Gasteiger partial charge in [-0.3, -0.25) is 0 Å². The van der Waals surface area contributed by atoms with Crippen LogP contribution in [0.4, 0.5) is 0 Å². The van der Waals surface area contributed by atoms with E-state index in [1.54, 1.807) is 22.8 Å². The zero-order chi connectivity index (χ0) is 17.1. The molecule has 0 aliphatic heterocycles. The van der Waals surface area contributed by atoms with Crippen LogP contribution >= 0.6 is 23.2 Å². The fourth-order valence-corrected chi connectivity index (χ4v) is 3.02. The lowest BCUT2D eigenvalue weighted by atomic mass is 10.3. The maximum Gasteiger partial charge on any atom is 0.156 e. The van der Waals surface area contributed by atoms with Crippen molar-refractivity contribution in [2.45, 2.75) is 19.3 Å². The number of aliphatic hydroxyl groups is 2. The molecule has 2 N–H and O–H groups in total. The normalized spacial score (nSPS) is 12.5. The lowest BCUT2D eigenvalue weighted by molar-refractivity contribution is 0.0916. The monoisotopic (exact) mass is 366 g/mol. The van der Waals surface area contributed by atoms with Gasteiger partial charge in [0.05, 0.1) is 27.6 Å². The quantitative estimate of drug-likeness (QED) is 0.702. The second-order valence-electron chi connectivity index (χ2n) is 5.30. The molecule has 0 aliphatic carbocycles. The number of hydrogen-bond donors (Lipinski definition) is 2. The van der Waals surface area contributed by atoms with Gasteiger partial charge in [-0.1, -0.05) is 41.4 Å². The molecule has 0 radical (unpaired) electrons. The van der Waals surface area contributed by atoms with Crippen molar-refractivity contribution in [3.05, 3.63) is 58.3 Å². The number of rotatable bonds is 6. The van der Waals surface area contributed by atoms with E-state index >= 15 is 0 Å². The Balaban J connectivity index is 1.74. The van der Waals surface area contributed by atoms with Crippen LogP contribution in [0.15, 0.2) is 42.5 Å². The van der Waals surface area contributed by atoms with Gasteiger partial charge in [-0.05, 0) is 24.3 Å². The molecule has 1 heterocycles. The lowest BCUT2D eigenvalue weighted by Gasteiger charge is -2.16. The molecule has 0 unspecified atom stereocenters. The number of nitrogens with zero attached hydrogens (tertiary/aromatic N) is 2. The van der Waals surface area contributed by atoms with Crippen LogP contribution < -0.4 is 4.74 Å². The van der Waals surface area contributed by atoms with Crippen LogP contribution in [0.2, 0.25) is 10.0 Å². The molecule has 0 spiro atoms. The molecule has 0 aliphatic rings. The van der Waals surface area contributed by atoms with Gasteiger partial charge >= 0.3 is 0 Å². The van der Waals surface area contributed by atoms with Gasteiger partial charge in [0.25, 0.3) is 0 Å². The SMILES string of the molecule is OCc1nc2ccccc2n1C[C@@H](O)COc1c(Cl)cccc1Cl. The topological polar surface area (TPSA) is 67.5 Å². The highest BCUT2D eigenvalue weighted by molar-refractivity contribution is 6.37. The van der Waals surface area contributed by atoms with Crippen LogP contribution in [0.3, 0.4) is 0 Å². The predicted octanol–water partition coefficient (Wildman–Crippen LogP) is 3.28. The molecular weight excluding hydrogens is 351 g/mol. The standard InChI is InChI=1S/C17H16Cl2N2O3/c18-12-4-3-5-13(19)17(12)24-10-11(23)8-21-15-7-2-1-6-14(15)20-16(21)9-22/h1-7,11,22-23H,8-10H2/t11-/m1/s1. The van der Waals surface area contributed by atoms with Crippen LogP contribution in [0.5, 0.6) is 5.75 Å². The van der Waals surface area contributed by atoms with Crippen molar-refractivity contribution in [1.82, 2.24) is 9.55 Å². The number of aromatic nitrogens is 2. The minimum Gasteiger partial charge on any atom is -0.488 e. The first kappa shape index (κ1) is 17.0. The Labute approximate surface area is 149 Å². The maximum absolute atomic E-state index is 10.3. The zero-order valence-electron chi connectivity index (χ0n) is 12.7. The van der Waals surface area contributed by atoms with Crippen LogP contribution in [0, 0.1) is 0 Å². The van der Waals surface area contributed by atoms with E-state index < -0.39 is 6.10 Å². The second-order valence-corrected chi connectivity index (χ2v) is 6.12. The average Bonchev–Trinajstić information content (AvgIpc) is 2.92. The number of fused-ring (bicyclic) bond motifs is 1. The summed E-state index contributed by atoms with van der Waals surface area (Å²) < 4.78 is 7.33. The minimum atomic E-state index is -0.819. The third kappa shape index (κ3) is 3.49. The number of hydrogen-bond acceptors (Lipinski definition) is 4. The smallest absolute Gasteiger partial charge is 0.156 e. The van der Waals surface area contributed by atoms with Gasteiger partial charge in [0.1, 0.15) is 25.1 Å². The Hall–Kier alpha value is -1.79. The van der Waals surface area contributed by atoms with Crippen molar-refractivity contribution in [3.8, 4) is 5.75 Å². The summed E-state index contributed by atoms with van der Waals surface area (Å²) >= 11 is 12.1. The molecule has 1 atom stereocenters. The van der Waals surface area contributed by atoms with Gasteiger partial charge in [-0.15, -0.1) is 0 Å². The summed E-state index contributed by atoms with van der Waals surface area (Å²) in [6.45, 7) is 0.0396. The Morgan fingerprint density at radius 2 is 1.79 bits per heavy atom. The number of para-hydroxylation sites is 3. The van der Waals surface area contributed by atoms with Crippen molar-refractivity contribution in [2.75, 3.05) is 6.61 Å². The molecule has 0 bridgehead atoms. The third-order valence-corrected chi connectivity index (χ3v) is 4.20. The molecule has 0 amide bonds. The molecule has 126 valence electrons. The Morgan fingerprint density at radius 3 is 2.50 bits per heavy atom. The Bertz CT molecular complexity index is 831. The molecule has 0 saturated heterocycles. The van der Waals surface area contributed by atoms with E-state index in [4.69, 9.17) is 27.9 Å². The molecule has 7 heteroatoms. The highest BCUT2D eigenvalue weighted by atomic mass is 35.5. The van der Waals surface area contributed by atoms with Crippen LogP contribution in [0.25, 0.3) is 11.0 Å². The number of halogens is 2. The molecule has 3 aromatic rings. The molecule has 2 aromatic carbocycles. The fourth-order valence-electron chi connectivity index (χ4n) is 2.51. The average molecular weight is 367 g/mol. The molecule has 1 aromatic heterocycles. The third-order valence-electron chi connectivity index (χ3n) is 3.61. The first-order chi connectivity index (χ1) is 11.6. The number of benzene rings is 2. The highest BCUT2D eigenvalue weighted by Crippen LogP contribution is 2.32. The molecule has 0 saturated carbocycles. The van der Waals surface area contributed by atoms with Crippen molar-refractivity contribution in [1.29, 1.82) is 0 Å². The van der Waals surface area contributed by atoms with Gasteiger partial charge in [0, 0.05) is 0 Å². The number of imidazole rings is 1. The predicted molar refractivity (Wildman–Crippen MR) is 93.6 cm³/mol. The molecular formula is C17H16Cl2N2O3. The van der Waals surface area contributed by atoms with Crippen molar-refractivity contribution >= 4 is 34.2 Å². The van der Waals surface area contributed by atoms with E-state index in [-0.39, 0.29) is 19.8 Å². The van der Waals surface area contributed by atoms with Crippen molar-refractivity contribution in [3.63, 3.8) is 0 Å². The lowest BCUT2D eigenvalue weighted by Crippen LogP contribution is -2.24. The molecule has 24 heavy (non-hydrogen) atoms. The van der Waals surface area contributed by atoms with Crippen LogP contribution in [-0.2, 0) is 13.2 Å². The van der Waals surface area contributed by atoms with Crippen LogP contribution in [-0.4, -0.2) is 32.5 Å². The summed E-state index contributed by atoms with van der Waals surface area (Å²) in [7, 11) is 0. The van der Waals surface area contributed by atoms with E-state index in [0.29, 0.717) is 21.6 Å². The fraction of sp³-hybridized carbons (Fsp3) is 0.235. The van der Waals surface area contributed by atoms with Gasteiger partial charge in [0.2, 0.25) is 0 Å². The van der Waals surface area contributed by atoms with Gasteiger partial charge in [-0.25, -0.2) is 4.98 Å². The number of ether oxygens (including phenoxy) is 1. The van der Waals surface area contributed by atoms with Crippen molar-refractivity contribution < 1.29 is 14.9 Å².